The summed E-state index contributed by atoms with van der Waals surface area (Å²) in [5, 5.41) is 0. The lowest BCUT2D eigenvalue weighted by Gasteiger charge is -2.11. The summed E-state index contributed by atoms with van der Waals surface area (Å²) in [6.45, 7) is 5.04. The first-order valence-electron chi connectivity index (χ1n) is 3.22. The van der Waals surface area contributed by atoms with Crippen LogP contribution in [-0.4, -0.2) is 19.2 Å². The van der Waals surface area contributed by atoms with E-state index >= 15 is 0 Å². The van der Waals surface area contributed by atoms with Crippen LogP contribution >= 0.6 is 38.3 Å². The Balaban J connectivity index is 3.32. The maximum absolute atomic E-state index is 5.18. The lowest BCUT2D eigenvalue weighted by Crippen LogP contribution is -2.11. The Bertz CT molecular complexity index is 89.4. The lowest BCUT2D eigenvalue weighted by atomic mass is 10.4. The summed E-state index contributed by atoms with van der Waals surface area (Å²) in [6, 6.07) is 0. The van der Waals surface area contributed by atoms with Crippen molar-refractivity contribution in [2.24, 2.45) is 0 Å². The molecule has 7 heteroatoms. The second-order valence-corrected chi connectivity index (χ2v) is 4.84. The van der Waals surface area contributed by atoms with Crippen LogP contribution in [0.4, 0.5) is 0 Å². The molecule has 1 unspecified atom stereocenters. The minimum atomic E-state index is -0.991. The van der Waals surface area contributed by atoms with Crippen molar-refractivity contribution >= 4 is 44.3 Å². The van der Waals surface area contributed by atoms with Crippen LogP contribution in [0, 0.1) is 0 Å². The van der Waals surface area contributed by atoms with E-state index in [-0.39, 0.29) is 5.94 Å². The molecule has 0 N–H and O–H groups in total. The zero-order valence-corrected chi connectivity index (χ0v) is 10.5. The SMILES string of the molecule is CCOB(Br)OP(Br)OCC. The van der Waals surface area contributed by atoms with Gasteiger partial charge in [-0.05, 0) is 13.8 Å². The Hall–Kier alpha value is 1.33. The maximum atomic E-state index is 5.18. The van der Waals surface area contributed by atoms with E-state index in [1.165, 1.54) is 0 Å². The largest absolute Gasteiger partial charge is 0.544 e. The monoisotopic (exact) mass is 306 g/mol. The lowest BCUT2D eigenvalue weighted by molar-refractivity contribution is 0.287. The van der Waals surface area contributed by atoms with Crippen LogP contribution in [0.2, 0.25) is 0 Å². The van der Waals surface area contributed by atoms with Crippen molar-refractivity contribution in [3.63, 3.8) is 0 Å². The minimum Gasteiger partial charge on any atom is -0.402 e. The highest BCUT2D eigenvalue weighted by Crippen LogP contribution is 2.47. The molecule has 1 atom stereocenters. The average Bonchev–Trinajstić information content (AvgIpc) is 1.87. The van der Waals surface area contributed by atoms with E-state index < -0.39 is 7.08 Å². The van der Waals surface area contributed by atoms with E-state index in [1.54, 1.807) is 0 Å². The van der Waals surface area contributed by atoms with Crippen LogP contribution in [0.5, 0.6) is 0 Å². The molecule has 0 spiro atoms. The van der Waals surface area contributed by atoms with Gasteiger partial charge < -0.3 is 13.6 Å². The van der Waals surface area contributed by atoms with Crippen molar-refractivity contribution < 1.29 is 13.6 Å². The van der Waals surface area contributed by atoms with Gasteiger partial charge in [-0.1, -0.05) is 15.8 Å². The van der Waals surface area contributed by atoms with Gasteiger partial charge in [0.2, 0.25) is 7.08 Å². The highest BCUT2D eigenvalue weighted by Gasteiger charge is 2.18. The van der Waals surface area contributed by atoms with Crippen LogP contribution < -0.4 is 0 Å². The molecular weight excluding hydrogens is 298 g/mol. The molecular formula is C4H10BBr2O3P. The van der Waals surface area contributed by atoms with Gasteiger partial charge in [0, 0.05) is 22.1 Å². The highest BCUT2D eigenvalue weighted by molar-refractivity contribution is 9.38. The molecule has 0 saturated carbocycles. The quantitative estimate of drug-likeness (QED) is 0.557. The standard InChI is InChI=1S/C4H10BBr2O3P/c1-3-8-5(6)10-11(7)9-4-2/h3-4H2,1-2H3. The van der Waals surface area contributed by atoms with Gasteiger partial charge in [-0.25, -0.2) is 0 Å². The highest BCUT2D eigenvalue weighted by atomic mass is 79.9. The number of hydrogen-bond donors (Lipinski definition) is 0. The van der Waals surface area contributed by atoms with Gasteiger partial charge in [-0.15, -0.1) is 0 Å². The van der Waals surface area contributed by atoms with Gasteiger partial charge in [0.15, 0.2) is 0 Å². The van der Waals surface area contributed by atoms with Crippen LogP contribution in [0.3, 0.4) is 0 Å². The molecule has 0 aromatic rings. The first kappa shape index (κ1) is 12.3. The molecule has 0 aliphatic heterocycles. The third-order valence-electron chi connectivity index (χ3n) is 0.694. The summed E-state index contributed by atoms with van der Waals surface area (Å²) in [5.74, 6) is -0.385. The van der Waals surface area contributed by atoms with Crippen molar-refractivity contribution in [1.29, 1.82) is 0 Å². The number of rotatable bonds is 6. The van der Waals surface area contributed by atoms with Crippen molar-refractivity contribution in [1.82, 2.24) is 0 Å². The molecule has 0 rings (SSSR count). The van der Waals surface area contributed by atoms with Crippen LogP contribution in [0.1, 0.15) is 13.8 Å². The second-order valence-electron chi connectivity index (χ2n) is 1.47. The first-order valence-corrected chi connectivity index (χ1v) is 7.33. The van der Waals surface area contributed by atoms with Gasteiger partial charge in [-0.3, -0.25) is 0 Å². The van der Waals surface area contributed by atoms with E-state index in [0.717, 1.165) is 0 Å². The fraction of sp³-hybridized carbons (Fsp3) is 1.00. The molecule has 0 aliphatic rings. The molecule has 3 nitrogen and oxygen atoms in total. The van der Waals surface area contributed by atoms with Gasteiger partial charge >= 0.3 is 5.94 Å². The second kappa shape index (κ2) is 7.96. The topological polar surface area (TPSA) is 27.7 Å². The predicted octanol–water partition coefficient (Wildman–Crippen LogP) is 3.08. The van der Waals surface area contributed by atoms with Crippen molar-refractivity contribution in [3.8, 4) is 0 Å². The zero-order chi connectivity index (χ0) is 8.69. The van der Waals surface area contributed by atoms with Crippen molar-refractivity contribution in [3.05, 3.63) is 0 Å². The fourth-order valence-corrected chi connectivity index (χ4v) is 3.28. The first-order chi connectivity index (χ1) is 5.20. The van der Waals surface area contributed by atoms with Gasteiger partial charge in [0.25, 0.3) is 0 Å². The minimum absolute atomic E-state index is 0.385. The van der Waals surface area contributed by atoms with Gasteiger partial charge in [0.05, 0.1) is 6.61 Å². The number of halogens is 2. The van der Waals surface area contributed by atoms with Crippen LogP contribution in [0.15, 0.2) is 0 Å². The van der Waals surface area contributed by atoms with Crippen molar-refractivity contribution in [2.75, 3.05) is 13.2 Å². The molecule has 0 bridgehead atoms. The number of hydrogen-bond acceptors (Lipinski definition) is 3. The molecule has 0 radical (unpaired) electrons. The third kappa shape index (κ3) is 7.69. The molecule has 0 fully saturated rings. The van der Waals surface area contributed by atoms with Crippen LogP contribution in [-0.2, 0) is 13.6 Å². The third-order valence-corrected chi connectivity index (χ3v) is 3.37. The van der Waals surface area contributed by atoms with E-state index in [2.05, 4.69) is 31.2 Å². The summed E-state index contributed by atoms with van der Waals surface area (Å²) < 4.78 is 15.4. The van der Waals surface area contributed by atoms with Gasteiger partial charge in [-0.2, -0.15) is 0 Å². The molecule has 66 valence electrons. The predicted molar refractivity (Wildman–Crippen MR) is 54.9 cm³/mol. The van der Waals surface area contributed by atoms with E-state index in [9.17, 15) is 0 Å². The summed E-state index contributed by atoms with van der Waals surface area (Å²) in [4.78, 5) is 0. The molecule has 0 aromatic carbocycles. The molecule has 11 heavy (non-hydrogen) atoms. The van der Waals surface area contributed by atoms with Crippen LogP contribution in [0.25, 0.3) is 0 Å². The summed E-state index contributed by atoms with van der Waals surface area (Å²) in [7, 11) is -0.991. The summed E-state index contributed by atoms with van der Waals surface area (Å²) in [6.07, 6.45) is 0. The Morgan fingerprint density at radius 2 is 2.00 bits per heavy atom. The Morgan fingerprint density at radius 1 is 1.36 bits per heavy atom. The van der Waals surface area contributed by atoms with E-state index in [4.69, 9.17) is 13.6 Å². The van der Waals surface area contributed by atoms with Gasteiger partial charge in [0.1, 0.15) is 0 Å². The molecule has 0 amide bonds. The normalized spacial score (nSPS) is 13.1. The molecule has 0 aliphatic carbocycles. The molecule has 0 aromatic heterocycles. The van der Waals surface area contributed by atoms with E-state index in [0.29, 0.717) is 13.2 Å². The Kier molecular flexibility index (Phi) is 8.92. The summed E-state index contributed by atoms with van der Waals surface area (Å²) >= 11 is 6.39. The van der Waals surface area contributed by atoms with Crippen molar-refractivity contribution in [2.45, 2.75) is 13.8 Å². The van der Waals surface area contributed by atoms with E-state index in [1.807, 2.05) is 13.8 Å². The maximum Gasteiger partial charge on any atom is 0.544 e. The average molecular weight is 308 g/mol. The summed E-state index contributed by atoms with van der Waals surface area (Å²) in [5.41, 5.74) is 0. The Labute approximate surface area is 84.9 Å². The molecule has 0 heterocycles. The fourth-order valence-electron chi connectivity index (χ4n) is 0.359. The zero-order valence-electron chi connectivity index (χ0n) is 6.42. The molecule has 0 saturated heterocycles. The smallest absolute Gasteiger partial charge is 0.402 e. The Morgan fingerprint density at radius 3 is 2.45 bits per heavy atom.